The molecule has 2 bridgehead atoms. The Hall–Kier alpha value is -2.38. The van der Waals surface area contributed by atoms with Gasteiger partial charge in [0.2, 0.25) is 10.0 Å². The van der Waals surface area contributed by atoms with Crippen molar-refractivity contribution in [2.45, 2.75) is 38.1 Å². The van der Waals surface area contributed by atoms with Gasteiger partial charge in [0.1, 0.15) is 5.75 Å². The van der Waals surface area contributed by atoms with Crippen LogP contribution in [-0.2, 0) is 14.8 Å². The molecule has 1 fully saturated rings. The third-order valence-corrected chi connectivity index (χ3v) is 6.89. The normalized spacial score (nSPS) is 25.5. The molecule has 1 saturated carbocycles. The van der Waals surface area contributed by atoms with Gasteiger partial charge in [-0.25, -0.2) is 13.1 Å². The number of benzene rings is 1. The van der Waals surface area contributed by atoms with Gasteiger partial charge in [-0.05, 0) is 67.2 Å². The number of nitrogens with one attached hydrogen (secondary N) is 1. The number of hydrogen-bond donors (Lipinski definition) is 2. The fraction of sp³-hybridized carbons (Fsp3) is 0.435. The third-order valence-electron chi connectivity index (χ3n) is 5.79. The molecule has 0 aliphatic heterocycles. The number of carboxylic acid groups (broad SMARTS) is 1. The van der Waals surface area contributed by atoms with Crippen LogP contribution < -0.4 is 9.46 Å². The number of sulfonamides is 1. The fourth-order valence-corrected chi connectivity index (χ4v) is 5.45. The Morgan fingerprint density at radius 3 is 2.83 bits per heavy atom. The molecule has 0 spiro atoms. The molecule has 1 aromatic carbocycles. The average molecular weight is 432 g/mol. The van der Waals surface area contributed by atoms with Crippen molar-refractivity contribution in [3.8, 4) is 5.75 Å². The van der Waals surface area contributed by atoms with E-state index in [2.05, 4.69) is 23.0 Å². The lowest BCUT2D eigenvalue weighted by molar-refractivity contribution is -0.137. The number of allylic oxidation sites excluding steroid dienone is 3. The van der Waals surface area contributed by atoms with Crippen LogP contribution in [0.15, 0.2) is 54.0 Å². The maximum Gasteiger partial charge on any atom is 0.303 e. The van der Waals surface area contributed by atoms with Gasteiger partial charge >= 0.3 is 5.97 Å². The van der Waals surface area contributed by atoms with Crippen molar-refractivity contribution in [1.29, 1.82) is 0 Å². The first kappa shape index (κ1) is 22.3. The molecule has 0 heterocycles. The van der Waals surface area contributed by atoms with Crippen LogP contribution in [0.5, 0.6) is 5.75 Å². The molecule has 0 amide bonds. The second-order valence-electron chi connectivity index (χ2n) is 7.87. The van der Waals surface area contributed by atoms with E-state index in [4.69, 9.17) is 9.84 Å². The quantitative estimate of drug-likeness (QED) is 0.408. The summed E-state index contributed by atoms with van der Waals surface area (Å²) in [4.78, 5) is 10.6. The van der Waals surface area contributed by atoms with Gasteiger partial charge in [-0.15, -0.1) is 0 Å². The first-order valence-corrected chi connectivity index (χ1v) is 11.8. The largest absolute Gasteiger partial charge is 0.497 e. The molecule has 3 rings (SSSR count). The number of carbonyl (C=O) groups is 1. The smallest absolute Gasteiger partial charge is 0.303 e. The van der Waals surface area contributed by atoms with E-state index >= 15 is 0 Å². The number of ether oxygens (including phenoxy) is 1. The Morgan fingerprint density at radius 2 is 2.07 bits per heavy atom. The molecule has 30 heavy (non-hydrogen) atoms. The van der Waals surface area contributed by atoms with E-state index in [0.717, 1.165) is 24.8 Å². The summed E-state index contributed by atoms with van der Waals surface area (Å²) in [7, 11) is -2.01. The minimum atomic E-state index is -3.58. The highest BCUT2D eigenvalue weighted by Gasteiger charge is 2.44. The molecule has 0 aromatic heterocycles. The van der Waals surface area contributed by atoms with Gasteiger partial charge in [0.25, 0.3) is 0 Å². The van der Waals surface area contributed by atoms with Crippen LogP contribution in [0.25, 0.3) is 6.08 Å². The van der Waals surface area contributed by atoms with E-state index in [9.17, 15) is 13.2 Å². The molecule has 6 nitrogen and oxygen atoms in total. The Bertz CT molecular complexity index is 935. The number of fused-ring (bicyclic) bond motifs is 2. The van der Waals surface area contributed by atoms with Gasteiger partial charge in [0.15, 0.2) is 0 Å². The summed E-state index contributed by atoms with van der Waals surface area (Å²) in [5.74, 6) is 0.721. The van der Waals surface area contributed by atoms with E-state index in [0.29, 0.717) is 18.1 Å². The van der Waals surface area contributed by atoms with Crippen molar-refractivity contribution in [3.63, 3.8) is 0 Å². The van der Waals surface area contributed by atoms with Crippen molar-refractivity contribution in [2.75, 3.05) is 7.11 Å². The number of unbranched alkanes of at least 4 members (excludes halogenated alkanes) is 1. The SMILES string of the molecule is COc1cccc(C=CS(=O)(=O)NC2C3C=CC(C3)C2CC=CCCCC(=O)O)c1. The van der Waals surface area contributed by atoms with Gasteiger partial charge in [-0.3, -0.25) is 4.79 Å². The van der Waals surface area contributed by atoms with Crippen LogP contribution in [0.2, 0.25) is 0 Å². The minimum absolute atomic E-state index is 0.122. The number of hydrogen-bond acceptors (Lipinski definition) is 4. The molecule has 162 valence electrons. The summed E-state index contributed by atoms with van der Waals surface area (Å²) in [5, 5.41) is 9.91. The van der Waals surface area contributed by atoms with Crippen LogP contribution in [0.1, 0.15) is 37.7 Å². The first-order chi connectivity index (χ1) is 14.4. The monoisotopic (exact) mass is 431 g/mol. The molecular formula is C23H29NO5S. The predicted octanol–water partition coefficient (Wildman–Crippen LogP) is 3.98. The Labute approximate surface area is 178 Å². The van der Waals surface area contributed by atoms with Gasteiger partial charge < -0.3 is 9.84 Å². The first-order valence-electron chi connectivity index (χ1n) is 10.3. The average Bonchev–Trinajstić information content (AvgIpc) is 3.31. The maximum atomic E-state index is 12.7. The van der Waals surface area contributed by atoms with Crippen molar-refractivity contribution in [1.82, 2.24) is 4.72 Å². The highest BCUT2D eigenvalue weighted by molar-refractivity contribution is 7.92. The minimum Gasteiger partial charge on any atom is -0.497 e. The molecular weight excluding hydrogens is 402 g/mol. The van der Waals surface area contributed by atoms with Crippen LogP contribution >= 0.6 is 0 Å². The summed E-state index contributed by atoms with van der Waals surface area (Å²) in [6, 6.07) is 7.12. The third kappa shape index (κ3) is 6.06. The highest BCUT2D eigenvalue weighted by atomic mass is 32.2. The molecule has 4 atom stereocenters. The van der Waals surface area contributed by atoms with Crippen LogP contribution in [0.3, 0.4) is 0 Å². The van der Waals surface area contributed by atoms with Gasteiger partial charge in [-0.2, -0.15) is 0 Å². The number of rotatable bonds is 11. The van der Waals surface area contributed by atoms with E-state index in [1.54, 1.807) is 19.3 Å². The summed E-state index contributed by atoms with van der Waals surface area (Å²) in [5.41, 5.74) is 0.758. The molecule has 2 N–H and O–H groups in total. The van der Waals surface area contributed by atoms with Crippen molar-refractivity contribution in [3.05, 3.63) is 59.5 Å². The number of aliphatic carboxylic acids is 1. The lowest BCUT2D eigenvalue weighted by Gasteiger charge is -2.27. The van der Waals surface area contributed by atoms with Crippen LogP contribution in [0, 0.1) is 17.8 Å². The lowest BCUT2D eigenvalue weighted by atomic mass is 9.86. The van der Waals surface area contributed by atoms with Gasteiger partial charge in [0.05, 0.1) is 7.11 Å². The van der Waals surface area contributed by atoms with Gasteiger partial charge in [-0.1, -0.05) is 36.4 Å². The van der Waals surface area contributed by atoms with Crippen molar-refractivity contribution < 1.29 is 23.1 Å². The Morgan fingerprint density at radius 1 is 1.27 bits per heavy atom. The Balaban J connectivity index is 1.60. The number of carboxylic acids is 1. The second kappa shape index (κ2) is 10.1. The molecule has 0 saturated heterocycles. The second-order valence-corrected chi connectivity index (χ2v) is 9.47. The van der Waals surface area contributed by atoms with E-state index < -0.39 is 16.0 Å². The van der Waals surface area contributed by atoms with E-state index in [1.165, 1.54) is 5.41 Å². The summed E-state index contributed by atoms with van der Waals surface area (Å²) >= 11 is 0. The van der Waals surface area contributed by atoms with Gasteiger partial charge in [0, 0.05) is 17.9 Å². The highest BCUT2D eigenvalue weighted by Crippen LogP contribution is 2.45. The molecule has 7 heteroatoms. The Kier molecular flexibility index (Phi) is 7.50. The standard InChI is InChI=1S/C23H29NO5S/c1-29-20-8-6-7-17(15-20)13-14-30(27,28)24-23-19-12-11-18(16-19)21(23)9-4-2-3-5-10-22(25)26/h2,4,6-8,11-15,18-19,21,23-24H,3,5,9-10,16H2,1H3,(H,25,26). The molecule has 2 aliphatic carbocycles. The van der Waals surface area contributed by atoms with E-state index in [1.807, 2.05) is 24.3 Å². The molecule has 1 aromatic rings. The fourth-order valence-electron chi connectivity index (χ4n) is 4.31. The lowest BCUT2D eigenvalue weighted by Crippen LogP contribution is -2.41. The molecule has 2 aliphatic rings. The van der Waals surface area contributed by atoms with Crippen molar-refractivity contribution >= 4 is 22.1 Å². The van der Waals surface area contributed by atoms with E-state index in [-0.39, 0.29) is 24.3 Å². The summed E-state index contributed by atoms with van der Waals surface area (Å²) in [6.07, 6.45) is 13.2. The summed E-state index contributed by atoms with van der Waals surface area (Å²) in [6.45, 7) is 0. The van der Waals surface area contributed by atoms with Crippen LogP contribution in [0.4, 0.5) is 0 Å². The summed E-state index contributed by atoms with van der Waals surface area (Å²) < 4.78 is 33.4. The zero-order chi connectivity index (χ0) is 21.6. The van der Waals surface area contributed by atoms with Crippen molar-refractivity contribution in [2.24, 2.45) is 17.8 Å². The molecule has 0 radical (unpaired) electrons. The zero-order valence-electron chi connectivity index (χ0n) is 17.1. The zero-order valence-corrected chi connectivity index (χ0v) is 17.9. The maximum absolute atomic E-state index is 12.7. The molecule has 4 unspecified atom stereocenters. The predicted molar refractivity (Wildman–Crippen MR) is 117 cm³/mol. The topological polar surface area (TPSA) is 92.7 Å². The van der Waals surface area contributed by atoms with Crippen LogP contribution in [-0.4, -0.2) is 32.6 Å². The number of methoxy groups -OCH3 is 1.